The van der Waals surface area contributed by atoms with Gasteiger partial charge in [0.1, 0.15) is 5.54 Å². The van der Waals surface area contributed by atoms with Gasteiger partial charge in [-0.25, -0.2) is 4.79 Å². The van der Waals surface area contributed by atoms with Crippen LogP contribution in [0.1, 0.15) is 53.4 Å². The third-order valence-corrected chi connectivity index (χ3v) is 4.31. The zero-order valence-corrected chi connectivity index (χ0v) is 11.9. The molecule has 4 heteroatoms. The summed E-state index contributed by atoms with van der Waals surface area (Å²) in [5.74, 6) is -0.0855. The molecule has 1 aliphatic rings. The van der Waals surface area contributed by atoms with Crippen LogP contribution in [0.2, 0.25) is 0 Å². The molecule has 1 saturated heterocycles. The molecule has 0 aliphatic carbocycles. The maximum absolute atomic E-state index is 12.3. The van der Waals surface area contributed by atoms with Crippen molar-refractivity contribution < 1.29 is 14.7 Å². The molecular formula is C14H25NO3. The van der Waals surface area contributed by atoms with Crippen LogP contribution in [-0.2, 0) is 9.59 Å². The van der Waals surface area contributed by atoms with E-state index in [4.69, 9.17) is 0 Å². The monoisotopic (exact) mass is 255 g/mol. The topological polar surface area (TPSA) is 57.6 Å². The van der Waals surface area contributed by atoms with Crippen molar-refractivity contribution in [2.24, 2.45) is 11.8 Å². The van der Waals surface area contributed by atoms with Crippen LogP contribution >= 0.6 is 0 Å². The van der Waals surface area contributed by atoms with Gasteiger partial charge < -0.3 is 10.0 Å². The van der Waals surface area contributed by atoms with E-state index in [1.807, 2.05) is 0 Å². The molecule has 104 valence electrons. The minimum absolute atomic E-state index is 0.00190. The molecule has 0 spiro atoms. The molecule has 0 aromatic heterocycles. The number of carbonyl (C=O) groups excluding carboxylic acids is 1. The van der Waals surface area contributed by atoms with E-state index in [1.165, 1.54) is 0 Å². The molecule has 0 radical (unpaired) electrons. The zero-order valence-electron chi connectivity index (χ0n) is 11.9. The van der Waals surface area contributed by atoms with Gasteiger partial charge in [-0.3, -0.25) is 4.79 Å². The fourth-order valence-electron chi connectivity index (χ4n) is 2.77. The average Bonchev–Trinajstić information content (AvgIpc) is 2.69. The van der Waals surface area contributed by atoms with E-state index in [1.54, 1.807) is 11.8 Å². The largest absolute Gasteiger partial charge is 0.480 e. The molecule has 1 heterocycles. The molecule has 0 bridgehead atoms. The standard InChI is InChI=1S/C14H25NO3/c1-5-11(10(2)3)9-12(16)15-8-6-7-14(15,4)13(17)18/h10-11H,5-9H2,1-4H3,(H,17,18). The zero-order chi connectivity index (χ0) is 13.9. The van der Waals surface area contributed by atoms with E-state index in [0.29, 0.717) is 31.2 Å². The van der Waals surface area contributed by atoms with E-state index in [2.05, 4.69) is 20.8 Å². The van der Waals surface area contributed by atoms with Gasteiger partial charge in [-0.15, -0.1) is 0 Å². The summed E-state index contributed by atoms with van der Waals surface area (Å²) in [6.07, 6.45) is 2.78. The molecule has 0 aromatic carbocycles. The SMILES string of the molecule is CCC(CC(=O)N1CCCC1(C)C(=O)O)C(C)C. The number of nitrogens with zero attached hydrogens (tertiary/aromatic N) is 1. The van der Waals surface area contributed by atoms with Crippen LogP contribution < -0.4 is 0 Å². The second-order valence-electron chi connectivity index (χ2n) is 5.84. The van der Waals surface area contributed by atoms with Gasteiger partial charge in [-0.1, -0.05) is 27.2 Å². The van der Waals surface area contributed by atoms with Crippen molar-refractivity contribution in [2.45, 2.75) is 58.9 Å². The lowest BCUT2D eigenvalue weighted by Crippen LogP contribution is -2.51. The van der Waals surface area contributed by atoms with Crippen LogP contribution in [0, 0.1) is 11.8 Å². The van der Waals surface area contributed by atoms with Gasteiger partial charge in [0.2, 0.25) is 5.91 Å². The average molecular weight is 255 g/mol. The molecule has 2 unspecified atom stereocenters. The number of likely N-dealkylation sites (tertiary alicyclic amines) is 1. The molecule has 0 saturated carbocycles. The Balaban J connectivity index is 2.75. The van der Waals surface area contributed by atoms with Crippen LogP contribution in [-0.4, -0.2) is 34.0 Å². The first-order valence-electron chi connectivity index (χ1n) is 6.86. The lowest BCUT2D eigenvalue weighted by Gasteiger charge is -2.32. The van der Waals surface area contributed by atoms with Crippen molar-refractivity contribution >= 4 is 11.9 Å². The van der Waals surface area contributed by atoms with E-state index >= 15 is 0 Å². The second kappa shape index (κ2) is 5.72. The fraction of sp³-hybridized carbons (Fsp3) is 0.857. The van der Waals surface area contributed by atoms with Crippen LogP contribution in [0.25, 0.3) is 0 Å². The van der Waals surface area contributed by atoms with E-state index in [9.17, 15) is 14.7 Å². The van der Waals surface area contributed by atoms with Gasteiger partial charge >= 0.3 is 5.97 Å². The Morgan fingerprint density at radius 2 is 2.00 bits per heavy atom. The first-order valence-corrected chi connectivity index (χ1v) is 6.86. The van der Waals surface area contributed by atoms with E-state index < -0.39 is 11.5 Å². The number of hydrogen-bond acceptors (Lipinski definition) is 2. The minimum Gasteiger partial charge on any atom is -0.480 e. The highest BCUT2D eigenvalue weighted by atomic mass is 16.4. The number of hydrogen-bond donors (Lipinski definition) is 1. The summed E-state index contributed by atoms with van der Waals surface area (Å²) < 4.78 is 0. The number of rotatable bonds is 5. The molecular weight excluding hydrogens is 230 g/mol. The van der Waals surface area contributed by atoms with Crippen molar-refractivity contribution in [1.82, 2.24) is 4.90 Å². The number of carboxylic acids is 1. The number of carboxylic acid groups (broad SMARTS) is 1. The smallest absolute Gasteiger partial charge is 0.329 e. The highest BCUT2D eigenvalue weighted by Crippen LogP contribution is 2.31. The maximum atomic E-state index is 12.3. The highest BCUT2D eigenvalue weighted by Gasteiger charge is 2.45. The Labute approximate surface area is 109 Å². The van der Waals surface area contributed by atoms with E-state index in [0.717, 1.165) is 12.8 Å². The number of aliphatic carboxylic acids is 1. The van der Waals surface area contributed by atoms with Crippen LogP contribution in [0.5, 0.6) is 0 Å². The summed E-state index contributed by atoms with van der Waals surface area (Å²) in [6, 6.07) is 0. The predicted octanol–water partition coefficient (Wildman–Crippen LogP) is 2.52. The fourth-order valence-corrected chi connectivity index (χ4v) is 2.77. The van der Waals surface area contributed by atoms with E-state index in [-0.39, 0.29) is 5.91 Å². The predicted molar refractivity (Wildman–Crippen MR) is 70.2 cm³/mol. The minimum atomic E-state index is -0.994. The summed E-state index contributed by atoms with van der Waals surface area (Å²) in [4.78, 5) is 25.2. The lowest BCUT2D eigenvalue weighted by molar-refractivity contribution is -0.155. The highest BCUT2D eigenvalue weighted by molar-refractivity contribution is 5.87. The summed E-state index contributed by atoms with van der Waals surface area (Å²) >= 11 is 0. The molecule has 18 heavy (non-hydrogen) atoms. The Hall–Kier alpha value is -1.06. The molecule has 0 aromatic rings. The molecule has 1 N–H and O–H groups in total. The molecule has 1 aliphatic heterocycles. The van der Waals surface area contributed by atoms with Gasteiger partial charge in [0.25, 0.3) is 0 Å². The van der Waals surface area contributed by atoms with Crippen LogP contribution in [0.15, 0.2) is 0 Å². The molecule has 4 nitrogen and oxygen atoms in total. The Bertz CT molecular complexity index is 327. The summed E-state index contributed by atoms with van der Waals surface area (Å²) in [5, 5.41) is 9.30. The Morgan fingerprint density at radius 3 is 2.44 bits per heavy atom. The summed E-state index contributed by atoms with van der Waals surface area (Å²) in [6.45, 7) is 8.55. The van der Waals surface area contributed by atoms with Crippen LogP contribution in [0.4, 0.5) is 0 Å². The van der Waals surface area contributed by atoms with Gasteiger partial charge in [-0.05, 0) is 31.6 Å². The Morgan fingerprint density at radius 1 is 1.39 bits per heavy atom. The lowest BCUT2D eigenvalue weighted by atomic mass is 9.89. The second-order valence-corrected chi connectivity index (χ2v) is 5.84. The van der Waals surface area contributed by atoms with Crippen LogP contribution in [0.3, 0.4) is 0 Å². The van der Waals surface area contributed by atoms with Gasteiger partial charge in [-0.2, -0.15) is 0 Å². The molecule has 2 atom stereocenters. The summed E-state index contributed by atoms with van der Waals surface area (Å²) in [5.41, 5.74) is -0.994. The van der Waals surface area contributed by atoms with Crippen molar-refractivity contribution in [1.29, 1.82) is 0 Å². The van der Waals surface area contributed by atoms with Crippen molar-refractivity contribution in [3.8, 4) is 0 Å². The third kappa shape index (κ3) is 2.85. The summed E-state index contributed by atoms with van der Waals surface area (Å²) in [7, 11) is 0. The van der Waals surface area contributed by atoms with Crippen molar-refractivity contribution in [3.05, 3.63) is 0 Å². The molecule has 1 amide bonds. The van der Waals surface area contributed by atoms with Crippen molar-refractivity contribution in [2.75, 3.05) is 6.54 Å². The van der Waals surface area contributed by atoms with Gasteiger partial charge in [0, 0.05) is 13.0 Å². The van der Waals surface area contributed by atoms with Crippen molar-refractivity contribution in [3.63, 3.8) is 0 Å². The number of amides is 1. The van der Waals surface area contributed by atoms with Gasteiger partial charge in [0.05, 0.1) is 0 Å². The van der Waals surface area contributed by atoms with Gasteiger partial charge in [0.15, 0.2) is 0 Å². The quantitative estimate of drug-likeness (QED) is 0.821. The first kappa shape index (κ1) is 15.0. The number of carbonyl (C=O) groups is 2. The molecule has 1 rings (SSSR count). The normalized spacial score (nSPS) is 25.5. The maximum Gasteiger partial charge on any atom is 0.329 e. The third-order valence-electron chi connectivity index (χ3n) is 4.31. The Kier molecular flexibility index (Phi) is 4.77. The molecule has 1 fully saturated rings. The first-order chi connectivity index (χ1) is 8.32.